The molecule has 0 aliphatic carbocycles. The van der Waals surface area contributed by atoms with Gasteiger partial charge < -0.3 is 10.6 Å². The van der Waals surface area contributed by atoms with Crippen LogP contribution < -0.4 is 10.6 Å². The number of hydrogen-bond acceptors (Lipinski definition) is 4. The van der Waals surface area contributed by atoms with Crippen molar-refractivity contribution in [3.8, 4) is 0 Å². The third kappa shape index (κ3) is 4.74. The van der Waals surface area contributed by atoms with Gasteiger partial charge in [-0.25, -0.2) is 0 Å². The minimum Gasteiger partial charge on any atom is -0.350 e. The molecule has 7 nitrogen and oxygen atoms in total. The molecular formula is C23H25N3O4. The molecule has 0 saturated carbocycles. The highest BCUT2D eigenvalue weighted by atomic mass is 16.2. The minimum absolute atomic E-state index is 0.152. The molecule has 0 unspecified atom stereocenters. The molecule has 0 spiro atoms. The lowest BCUT2D eigenvalue weighted by Crippen LogP contribution is -2.53. The zero-order chi connectivity index (χ0) is 21.9. The number of carbonyl (C=O) groups is 4. The first-order valence-corrected chi connectivity index (χ1v) is 9.77. The molecular weight excluding hydrogens is 382 g/mol. The average Bonchev–Trinajstić information content (AvgIpc) is 2.95. The maximum Gasteiger partial charge on any atom is 0.262 e. The van der Waals surface area contributed by atoms with Crippen molar-refractivity contribution < 1.29 is 19.2 Å². The summed E-state index contributed by atoms with van der Waals surface area (Å²) >= 11 is 0. The van der Waals surface area contributed by atoms with Gasteiger partial charge in [0.05, 0.1) is 17.7 Å². The Morgan fingerprint density at radius 2 is 1.43 bits per heavy atom. The number of amides is 4. The Balaban J connectivity index is 1.83. The fourth-order valence-corrected chi connectivity index (χ4v) is 3.38. The normalized spacial score (nSPS) is 14.3. The molecule has 156 valence electrons. The molecule has 0 radical (unpaired) electrons. The molecule has 2 aromatic carbocycles. The first kappa shape index (κ1) is 21.2. The Labute approximate surface area is 175 Å². The molecule has 0 bridgehead atoms. The highest BCUT2D eigenvalue weighted by Crippen LogP contribution is 2.26. The summed E-state index contributed by atoms with van der Waals surface area (Å²) in [5.41, 5.74) is 0.916. The summed E-state index contributed by atoms with van der Waals surface area (Å²) < 4.78 is 0. The van der Waals surface area contributed by atoms with E-state index < -0.39 is 29.3 Å². The summed E-state index contributed by atoms with van der Waals surface area (Å²) in [6.45, 7) is 5.27. The van der Waals surface area contributed by atoms with E-state index in [4.69, 9.17) is 0 Å². The monoisotopic (exact) mass is 407 g/mol. The van der Waals surface area contributed by atoms with Crippen molar-refractivity contribution in [1.82, 2.24) is 15.5 Å². The maximum atomic E-state index is 13.0. The summed E-state index contributed by atoms with van der Waals surface area (Å²) in [5.74, 6) is -1.93. The van der Waals surface area contributed by atoms with E-state index >= 15 is 0 Å². The first-order chi connectivity index (χ1) is 14.2. The third-order valence-corrected chi connectivity index (χ3v) is 4.65. The van der Waals surface area contributed by atoms with Gasteiger partial charge in [0.25, 0.3) is 11.8 Å². The number of fused-ring (bicyclic) bond motifs is 1. The molecule has 2 aromatic rings. The second-order valence-electron chi connectivity index (χ2n) is 8.25. The van der Waals surface area contributed by atoms with Crippen molar-refractivity contribution in [2.75, 3.05) is 6.54 Å². The molecule has 4 amide bonds. The van der Waals surface area contributed by atoms with E-state index in [9.17, 15) is 19.2 Å². The van der Waals surface area contributed by atoms with Gasteiger partial charge in [0.2, 0.25) is 11.8 Å². The largest absolute Gasteiger partial charge is 0.350 e. The number of hydrogen-bond donors (Lipinski definition) is 2. The van der Waals surface area contributed by atoms with E-state index in [1.807, 2.05) is 51.1 Å². The van der Waals surface area contributed by atoms with E-state index in [0.29, 0.717) is 0 Å². The van der Waals surface area contributed by atoms with Crippen LogP contribution >= 0.6 is 0 Å². The number of imide groups is 1. The molecule has 1 aliphatic rings. The topological polar surface area (TPSA) is 95.6 Å². The molecule has 7 heteroatoms. The lowest BCUT2D eigenvalue weighted by atomic mass is 10.0. The van der Waals surface area contributed by atoms with Crippen molar-refractivity contribution in [2.24, 2.45) is 0 Å². The van der Waals surface area contributed by atoms with Gasteiger partial charge >= 0.3 is 0 Å². The summed E-state index contributed by atoms with van der Waals surface area (Å²) in [6, 6.07) is 14.6. The number of benzene rings is 2. The molecule has 2 N–H and O–H groups in total. The Kier molecular flexibility index (Phi) is 6.01. The van der Waals surface area contributed by atoms with E-state index in [2.05, 4.69) is 10.6 Å². The summed E-state index contributed by atoms with van der Waals surface area (Å²) in [5, 5.41) is 5.34. The second-order valence-corrected chi connectivity index (χ2v) is 8.25. The molecule has 1 aliphatic heterocycles. The molecule has 1 atom stereocenters. The predicted molar refractivity (Wildman–Crippen MR) is 112 cm³/mol. The smallest absolute Gasteiger partial charge is 0.262 e. The van der Waals surface area contributed by atoms with Gasteiger partial charge in [0.15, 0.2) is 0 Å². The first-order valence-electron chi connectivity index (χ1n) is 9.77. The average molecular weight is 407 g/mol. The van der Waals surface area contributed by atoms with Gasteiger partial charge in [-0.1, -0.05) is 42.5 Å². The molecule has 30 heavy (non-hydrogen) atoms. The highest BCUT2D eigenvalue weighted by molar-refractivity contribution is 6.22. The standard InChI is InChI=1S/C23H25N3O4/c1-23(2,3)25-19(27)14-24-20(28)18(13-15-9-5-4-6-10-15)26-21(29)16-11-7-8-12-17(16)22(26)30/h4-12,18H,13-14H2,1-3H3,(H,24,28)(H,25,27)/t18-/m0/s1. The molecule has 1 heterocycles. The van der Waals surface area contributed by atoms with E-state index in [-0.39, 0.29) is 30.0 Å². The lowest BCUT2D eigenvalue weighted by molar-refractivity contribution is -0.129. The van der Waals surface area contributed by atoms with Gasteiger partial charge in [0, 0.05) is 12.0 Å². The number of rotatable bonds is 6. The summed E-state index contributed by atoms with van der Waals surface area (Å²) in [7, 11) is 0. The van der Waals surface area contributed by atoms with Crippen molar-refractivity contribution in [1.29, 1.82) is 0 Å². The van der Waals surface area contributed by atoms with Crippen LogP contribution in [0.2, 0.25) is 0 Å². The fraction of sp³-hybridized carbons (Fsp3) is 0.304. The summed E-state index contributed by atoms with van der Waals surface area (Å²) in [6.07, 6.45) is 0.152. The Morgan fingerprint density at radius 1 is 0.900 bits per heavy atom. The van der Waals surface area contributed by atoms with Crippen LogP contribution in [0.5, 0.6) is 0 Å². The predicted octanol–water partition coefficient (Wildman–Crippen LogP) is 1.92. The number of nitrogens with zero attached hydrogens (tertiary/aromatic N) is 1. The second kappa shape index (κ2) is 8.49. The number of carbonyl (C=O) groups excluding carboxylic acids is 4. The zero-order valence-electron chi connectivity index (χ0n) is 17.3. The van der Waals surface area contributed by atoms with Crippen LogP contribution in [0.3, 0.4) is 0 Å². The van der Waals surface area contributed by atoms with E-state index in [1.54, 1.807) is 24.3 Å². The third-order valence-electron chi connectivity index (χ3n) is 4.65. The Bertz CT molecular complexity index is 944. The highest BCUT2D eigenvalue weighted by Gasteiger charge is 2.42. The summed E-state index contributed by atoms with van der Waals surface area (Å²) in [4.78, 5) is 51.9. The van der Waals surface area contributed by atoms with Crippen LogP contribution in [0.15, 0.2) is 54.6 Å². The van der Waals surface area contributed by atoms with Gasteiger partial charge in [-0.05, 0) is 38.5 Å². The van der Waals surface area contributed by atoms with E-state index in [0.717, 1.165) is 10.5 Å². The number of nitrogens with one attached hydrogen (secondary N) is 2. The SMILES string of the molecule is CC(C)(C)NC(=O)CNC(=O)[C@H](Cc1ccccc1)N1C(=O)c2ccccc2C1=O. The van der Waals surface area contributed by atoms with Gasteiger partial charge in [-0.3, -0.25) is 24.1 Å². The van der Waals surface area contributed by atoms with Crippen LogP contribution in [0.4, 0.5) is 0 Å². The lowest BCUT2D eigenvalue weighted by Gasteiger charge is -2.26. The zero-order valence-corrected chi connectivity index (χ0v) is 17.3. The molecule has 0 saturated heterocycles. The van der Waals surface area contributed by atoms with E-state index in [1.165, 1.54) is 0 Å². The molecule has 3 rings (SSSR count). The molecule has 0 aromatic heterocycles. The van der Waals surface area contributed by atoms with Crippen LogP contribution in [0.1, 0.15) is 47.1 Å². The van der Waals surface area contributed by atoms with Crippen LogP contribution in [-0.4, -0.2) is 46.7 Å². The van der Waals surface area contributed by atoms with Crippen molar-refractivity contribution in [3.05, 3.63) is 71.3 Å². The van der Waals surface area contributed by atoms with Gasteiger partial charge in [-0.15, -0.1) is 0 Å². The van der Waals surface area contributed by atoms with Gasteiger partial charge in [-0.2, -0.15) is 0 Å². The van der Waals surface area contributed by atoms with Crippen LogP contribution in [0.25, 0.3) is 0 Å². The van der Waals surface area contributed by atoms with Crippen molar-refractivity contribution in [3.63, 3.8) is 0 Å². The quantitative estimate of drug-likeness (QED) is 0.715. The molecule has 0 fully saturated rings. The fourth-order valence-electron chi connectivity index (χ4n) is 3.38. The van der Waals surface area contributed by atoms with Gasteiger partial charge in [0.1, 0.15) is 6.04 Å². The minimum atomic E-state index is -1.07. The Hall–Kier alpha value is -3.48. The van der Waals surface area contributed by atoms with Crippen LogP contribution in [0, 0.1) is 0 Å². The van der Waals surface area contributed by atoms with Crippen LogP contribution in [-0.2, 0) is 16.0 Å². The van der Waals surface area contributed by atoms with Crippen molar-refractivity contribution in [2.45, 2.75) is 38.8 Å². The van der Waals surface area contributed by atoms with Crippen molar-refractivity contribution >= 4 is 23.6 Å². The maximum absolute atomic E-state index is 13.0. The Morgan fingerprint density at radius 3 is 1.97 bits per heavy atom.